The van der Waals surface area contributed by atoms with Gasteiger partial charge in [0.2, 0.25) is 5.91 Å². The summed E-state index contributed by atoms with van der Waals surface area (Å²) in [5.74, 6) is 1.03. The number of nitrogens with one attached hydrogen (secondary N) is 1. The number of carbonyl (C=O) groups excluding carboxylic acids is 2. The Balaban J connectivity index is 1.18. The van der Waals surface area contributed by atoms with E-state index in [0.29, 0.717) is 45.0 Å². The fourth-order valence-electron chi connectivity index (χ4n) is 3.41. The van der Waals surface area contributed by atoms with Crippen molar-refractivity contribution in [2.45, 2.75) is 13.3 Å². The van der Waals surface area contributed by atoms with Crippen LogP contribution in [0.4, 0.5) is 0 Å². The van der Waals surface area contributed by atoms with Crippen LogP contribution >= 0.6 is 11.3 Å². The van der Waals surface area contributed by atoms with Crippen molar-refractivity contribution in [3.63, 3.8) is 0 Å². The normalized spacial score (nSPS) is 15.0. The van der Waals surface area contributed by atoms with Crippen molar-refractivity contribution in [1.82, 2.24) is 20.1 Å². The van der Waals surface area contributed by atoms with E-state index in [2.05, 4.69) is 21.3 Å². The Bertz CT molecular complexity index is 971. The molecule has 7 nitrogen and oxygen atoms in total. The lowest BCUT2D eigenvalue weighted by Crippen LogP contribution is -2.51. The summed E-state index contributed by atoms with van der Waals surface area (Å²) in [4.78, 5) is 33.1. The Morgan fingerprint density at radius 2 is 1.93 bits per heavy atom. The van der Waals surface area contributed by atoms with Gasteiger partial charge in [0.15, 0.2) is 5.76 Å². The highest BCUT2D eigenvalue weighted by atomic mass is 32.1. The topological polar surface area (TPSA) is 78.7 Å². The first-order valence-electron chi connectivity index (χ1n) is 9.78. The second-order valence-corrected chi connectivity index (χ2v) is 8.27. The number of carbonyl (C=O) groups is 2. The van der Waals surface area contributed by atoms with Gasteiger partial charge in [-0.2, -0.15) is 0 Å². The third-order valence-electron chi connectivity index (χ3n) is 4.98. The Kier molecular flexibility index (Phi) is 5.92. The highest BCUT2D eigenvalue weighted by Gasteiger charge is 2.24. The number of nitrogens with zero attached hydrogens (tertiary/aromatic N) is 3. The van der Waals surface area contributed by atoms with Crippen LogP contribution in [0.5, 0.6) is 0 Å². The number of aromatic nitrogens is 1. The van der Waals surface area contributed by atoms with Crippen LogP contribution in [0.3, 0.4) is 0 Å². The minimum absolute atomic E-state index is 0.00699. The van der Waals surface area contributed by atoms with Crippen LogP contribution in [0.1, 0.15) is 21.3 Å². The van der Waals surface area contributed by atoms with Gasteiger partial charge in [0, 0.05) is 39.1 Å². The molecule has 1 aliphatic heterocycles. The lowest BCUT2D eigenvalue weighted by atomic mass is 10.2. The average molecular weight is 413 g/mol. The molecule has 0 saturated carbocycles. The van der Waals surface area contributed by atoms with E-state index in [1.54, 1.807) is 28.4 Å². The average Bonchev–Trinajstić information content (AvgIpc) is 3.33. The fraction of sp³-hybridized carbons (Fsp3) is 0.381. The van der Waals surface area contributed by atoms with Crippen molar-refractivity contribution in [3.05, 3.63) is 52.9 Å². The van der Waals surface area contributed by atoms with Gasteiger partial charge in [0.25, 0.3) is 5.91 Å². The van der Waals surface area contributed by atoms with Crippen LogP contribution in [0, 0.1) is 6.92 Å². The number of benzene rings is 1. The third-order valence-corrected chi connectivity index (χ3v) is 6.07. The van der Waals surface area contributed by atoms with E-state index in [1.165, 1.54) is 4.70 Å². The van der Waals surface area contributed by atoms with Crippen molar-refractivity contribution in [2.24, 2.45) is 0 Å². The molecule has 3 heterocycles. The van der Waals surface area contributed by atoms with Crippen LogP contribution in [0.15, 0.2) is 40.8 Å². The molecule has 0 bridgehead atoms. The number of piperazine rings is 1. The monoisotopic (exact) mass is 412 g/mol. The summed E-state index contributed by atoms with van der Waals surface area (Å²) >= 11 is 1.67. The largest absolute Gasteiger partial charge is 0.456 e. The van der Waals surface area contributed by atoms with E-state index in [-0.39, 0.29) is 11.8 Å². The Morgan fingerprint density at radius 1 is 1.14 bits per heavy atom. The molecule has 152 valence electrons. The summed E-state index contributed by atoms with van der Waals surface area (Å²) in [7, 11) is 0. The smallest absolute Gasteiger partial charge is 0.289 e. The first-order valence-corrected chi connectivity index (χ1v) is 10.6. The number of fused-ring (bicyclic) bond motifs is 1. The highest BCUT2D eigenvalue weighted by Crippen LogP contribution is 2.21. The van der Waals surface area contributed by atoms with Crippen LogP contribution in [-0.4, -0.2) is 65.9 Å². The van der Waals surface area contributed by atoms with Crippen molar-refractivity contribution in [1.29, 1.82) is 0 Å². The summed E-state index contributed by atoms with van der Waals surface area (Å²) in [6.45, 7) is 5.30. The quantitative estimate of drug-likeness (QED) is 0.672. The van der Waals surface area contributed by atoms with Crippen molar-refractivity contribution < 1.29 is 14.0 Å². The molecule has 1 aliphatic rings. The van der Waals surface area contributed by atoms with Gasteiger partial charge in [-0.3, -0.25) is 14.5 Å². The van der Waals surface area contributed by atoms with Gasteiger partial charge in [-0.25, -0.2) is 4.98 Å². The summed E-state index contributed by atoms with van der Waals surface area (Å²) in [5, 5.41) is 4.01. The van der Waals surface area contributed by atoms with E-state index < -0.39 is 0 Å². The van der Waals surface area contributed by atoms with E-state index >= 15 is 0 Å². The minimum atomic E-state index is -0.0852. The molecule has 3 aromatic rings. The summed E-state index contributed by atoms with van der Waals surface area (Å²) in [6.07, 6.45) is 0.732. The van der Waals surface area contributed by atoms with Gasteiger partial charge in [-0.05, 0) is 31.2 Å². The number of para-hydroxylation sites is 1. The fourth-order valence-corrected chi connectivity index (χ4v) is 4.38. The predicted molar refractivity (Wildman–Crippen MR) is 112 cm³/mol. The maximum Gasteiger partial charge on any atom is 0.289 e. The van der Waals surface area contributed by atoms with Gasteiger partial charge < -0.3 is 14.6 Å². The number of hydrogen-bond donors (Lipinski definition) is 1. The standard InChI is InChI=1S/C21H24N4O3S/c1-15-6-7-17(28-15)21(27)25-12-10-24(11-13-25)14-19(26)22-9-8-20-23-16-4-2-3-5-18(16)29-20/h2-7H,8-14H2,1H3,(H,22,26). The van der Waals surface area contributed by atoms with Crippen LogP contribution < -0.4 is 5.32 Å². The minimum Gasteiger partial charge on any atom is -0.456 e. The maximum absolute atomic E-state index is 12.4. The van der Waals surface area contributed by atoms with E-state index in [4.69, 9.17) is 4.42 Å². The van der Waals surface area contributed by atoms with Crippen molar-refractivity contribution in [3.8, 4) is 0 Å². The number of rotatable bonds is 6. The molecule has 0 aliphatic carbocycles. The van der Waals surface area contributed by atoms with E-state index in [1.807, 2.05) is 25.1 Å². The SMILES string of the molecule is Cc1ccc(C(=O)N2CCN(CC(=O)NCCc3nc4ccccc4s3)CC2)o1. The molecule has 2 amide bonds. The highest BCUT2D eigenvalue weighted by molar-refractivity contribution is 7.18. The van der Waals surface area contributed by atoms with E-state index in [9.17, 15) is 9.59 Å². The number of thiazole rings is 1. The summed E-state index contributed by atoms with van der Waals surface area (Å²) in [5.41, 5.74) is 1.01. The van der Waals surface area contributed by atoms with Crippen molar-refractivity contribution in [2.75, 3.05) is 39.3 Å². The third kappa shape index (κ3) is 4.83. The summed E-state index contributed by atoms with van der Waals surface area (Å²) in [6, 6.07) is 11.6. The van der Waals surface area contributed by atoms with Crippen LogP contribution in [0.2, 0.25) is 0 Å². The van der Waals surface area contributed by atoms with Gasteiger partial charge in [0.05, 0.1) is 21.8 Å². The van der Waals surface area contributed by atoms with Crippen LogP contribution in [-0.2, 0) is 11.2 Å². The predicted octanol–water partition coefficient (Wildman–Crippen LogP) is 2.31. The van der Waals surface area contributed by atoms with Crippen molar-refractivity contribution >= 4 is 33.4 Å². The molecule has 0 spiro atoms. The molecule has 1 N–H and O–H groups in total. The van der Waals surface area contributed by atoms with Gasteiger partial charge >= 0.3 is 0 Å². The number of amides is 2. The zero-order valence-corrected chi connectivity index (χ0v) is 17.2. The van der Waals surface area contributed by atoms with Gasteiger partial charge in [-0.1, -0.05) is 12.1 Å². The molecule has 1 fully saturated rings. The zero-order chi connectivity index (χ0) is 20.2. The lowest BCUT2D eigenvalue weighted by Gasteiger charge is -2.33. The Labute approximate surface area is 173 Å². The van der Waals surface area contributed by atoms with E-state index in [0.717, 1.165) is 22.7 Å². The molecule has 1 aromatic carbocycles. The molecule has 0 unspecified atom stereocenters. The second kappa shape index (κ2) is 8.75. The molecule has 29 heavy (non-hydrogen) atoms. The molecule has 8 heteroatoms. The second-order valence-electron chi connectivity index (χ2n) is 7.15. The molecular formula is C21H24N4O3S. The first kappa shape index (κ1) is 19.6. The van der Waals surface area contributed by atoms with Gasteiger partial charge in [-0.15, -0.1) is 11.3 Å². The first-order chi connectivity index (χ1) is 14.1. The zero-order valence-electron chi connectivity index (χ0n) is 16.4. The lowest BCUT2D eigenvalue weighted by molar-refractivity contribution is -0.122. The maximum atomic E-state index is 12.4. The molecule has 0 radical (unpaired) electrons. The number of furan rings is 1. The molecule has 2 aromatic heterocycles. The number of hydrogen-bond acceptors (Lipinski definition) is 6. The Morgan fingerprint density at radius 3 is 2.66 bits per heavy atom. The molecule has 1 saturated heterocycles. The molecule has 0 atom stereocenters. The Hall–Kier alpha value is -2.71. The summed E-state index contributed by atoms with van der Waals surface area (Å²) < 4.78 is 6.59. The number of aryl methyl sites for hydroxylation is 1. The van der Waals surface area contributed by atoms with Crippen LogP contribution in [0.25, 0.3) is 10.2 Å². The molecular weight excluding hydrogens is 388 g/mol. The molecule has 4 rings (SSSR count). The van der Waals surface area contributed by atoms with Gasteiger partial charge in [0.1, 0.15) is 5.76 Å².